The fraction of sp³-hybridized carbons (Fsp3) is 0.467. The predicted octanol–water partition coefficient (Wildman–Crippen LogP) is 1.16. The SMILES string of the molecule is CC(=O)NCCC(=O)NCCCN(C)c1ccccc1. The topological polar surface area (TPSA) is 61.4 Å². The van der Waals surface area contributed by atoms with Crippen LogP contribution in [0.25, 0.3) is 0 Å². The van der Waals surface area contributed by atoms with Crippen molar-refractivity contribution < 1.29 is 9.59 Å². The zero-order chi connectivity index (χ0) is 14.8. The highest BCUT2D eigenvalue weighted by molar-refractivity contribution is 5.77. The maximum Gasteiger partial charge on any atom is 0.221 e. The minimum atomic E-state index is -0.109. The number of carbonyl (C=O) groups excluding carboxylic acids is 2. The molecule has 5 heteroatoms. The van der Waals surface area contributed by atoms with E-state index >= 15 is 0 Å². The Morgan fingerprint density at radius 1 is 1.10 bits per heavy atom. The molecule has 0 unspecified atom stereocenters. The van der Waals surface area contributed by atoms with Crippen LogP contribution in [0.5, 0.6) is 0 Å². The van der Waals surface area contributed by atoms with Gasteiger partial charge in [0.1, 0.15) is 0 Å². The highest BCUT2D eigenvalue weighted by Crippen LogP contribution is 2.10. The molecular formula is C15H23N3O2. The van der Waals surface area contributed by atoms with Gasteiger partial charge in [-0.1, -0.05) is 18.2 Å². The average Bonchev–Trinajstić information content (AvgIpc) is 2.44. The van der Waals surface area contributed by atoms with Crippen LogP contribution in [0.4, 0.5) is 5.69 Å². The first-order chi connectivity index (χ1) is 9.59. The number of nitrogens with zero attached hydrogens (tertiary/aromatic N) is 1. The molecule has 0 bridgehead atoms. The molecule has 0 aliphatic heterocycles. The Labute approximate surface area is 120 Å². The molecule has 0 aliphatic carbocycles. The standard InChI is InChI=1S/C15H23N3O2/c1-13(19)16-11-9-15(20)17-10-6-12-18(2)14-7-4-3-5-8-14/h3-5,7-8H,6,9-12H2,1-2H3,(H,16,19)(H,17,20). The fourth-order valence-electron chi connectivity index (χ4n) is 1.80. The Hall–Kier alpha value is -2.04. The van der Waals surface area contributed by atoms with E-state index < -0.39 is 0 Å². The molecule has 5 nitrogen and oxygen atoms in total. The largest absolute Gasteiger partial charge is 0.375 e. The minimum absolute atomic E-state index is 0.0267. The maximum absolute atomic E-state index is 11.5. The normalized spacial score (nSPS) is 9.90. The molecule has 1 rings (SSSR count). The third kappa shape index (κ3) is 6.78. The van der Waals surface area contributed by atoms with E-state index in [4.69, 9.17) is 0 Å². The van der Waals surface area contributed by atoms with Crippen molar-refractivity contribution in [3.8, 4) is 0 Å². The summed E-state index contributed by atoms with van der Waals surface area (Å²) >= 11 is 0. The average molecular weight is 277 g/mol. The van der Waals surface area contributed by atoms with Crippen LogP contribution in [0.15, 0.2) is 30.3 Å². The van der Waals surface area contributed by atoms with Crippen molar-refractivity contribution in [1.82, 2.24) is 10.6 Å². The number of anilines is 1. The summed E-state index contributed by atoms with van der Waals surface area (Å²) in [5.74, 6) is -0.136. The van der Waals surface area contributed by atoms with Crippen molar-refractivity contribution in [1.29, 1.82) is 0 Å². The zero-order valence-corrected chi connectivity index (χ0v) is 12.2. The Morgan fingerprint density at radius 2 is 1.80 bits per heavy atom. The number of carbonyl (C=O) groups is 2. The zero-order valence-electron chi connectivity index (χ0n) is 12.2. The lowest BCUT2D eigenvalue weighted by atomic mass is 10.3. The molecule has 0 aliphatic rings. The Balaban J connectivity index is 2.09. The number of rotatable bonds is 8. The molecule has 20 heavy (non-hydrogen) atoms. The molecule has 0 fully saturated rings. The van der Waals surface area contributed by atoms with Crippen molar-refractivity contribution in [3.63, 3.8) is 0 Å². The summed E-state index contributed by atoms with van der Waals surface area (Å²) in [6.45, 7) is 3.37. The van der Waals surface area contributed by atoms with Gasteiger partial charge in [0.05, 0.1) is 0 Å². The van der Waals surface area contributed by atoms with Crippen molar-refractivity contribution >= 4 is 17.5 Å². The van der Waals surface area contributed by atoms with Crippen LogP contribution in [0.2, 0.25) is 0 Å². The van der Waals surface area contributed by atoms with Gasteiger partial charge in [0, 0.05) is 45.7 Å². The molecule has 2 N–H and O–H groups in total. The molecular weight excluding hydrogens is 254 g/mol. The first-order valence-corrected chi connectivity index (χ1v) is 6.87. The van der Waals surface area contributed by atoms with E-state index in [-0.39, 0.29) is 11.8 Å². The first-order valence-electron chi connectivity index (χ1n) is 6.87. The molecule has 0 aromatic heterocycles. The molecule has 110 valence electrons. The molecule has 1 aromatic rings. The van der Waals surface area contributed by atoms with Crippen LogP contribution in [0.1, 0.15) is 19.8 Å². The lowest BCUT2D eigenvalue weighted by Gasteiger charge is -2.19. The van der Waals surface area contributed by atoms with Gasteiger partial charge in [-0.25, -0.2) is 0 Å². The summed E-state index contributed by atoms with van der Waals surface area (Å²) in [4.78, 5) is 24.3. The number of benzene rings is 1. The number of hydrogen-bond acceptors (Lipinski definition) is 3. The molecule has 0 heterocycles. The van der Waals surface area contributed by atoms with Gasteiger partial charge in [-0.3, -0.25) is 9.59 Å². The molecule has 0 radical (unpaired) electrons. The molecule has 0 saturated heterocycles. The second kappa shape index (κ2) is 8.96. The Kier molecular flexibility index (Phi) is 7.17. The van der Waals surface area contributed by atoms with E-state index in [1.165, 1.54) is 12.6 Å². The van der Waals surface area contributed by atoms with Crippen LogP contribution >= 0.6 is 0 Å². The fourth-order valence-corrected chi connectivity index (χ4v) is 1.80. The molecule has 2 amide bonds. The van der Waals surface area contributed by atoms with Gasteiger partial charge >= 0.3 is 0 Å². The van der Waals surface area contributed by atoms with Gasteiger partial charge in [0.15, 0.2) is 0 Å². The van der Waals surface area contributed by atoms with Crippen LogP contribution in [0, 0.1) is 0 Å². The number of hydrogen-bond donors (Lipinski definition) is 2. The Morgan fingerprint density at radius 3 is 2.45 bits per heavy atom. The smallest absolute Gasteiger partial charge is 0.221 e. The molecule has 1 aromatic carbocycles. The van der Waals surface area contributed by atoms with E-state index in [2.05, 4.69) is 27.7 Å². The van der Waals surface area contributed by atoms with Crippen molar-refractivity contribution in [3.05, 3.63) is 30.3 Å². The van der Waals surface area contributed by atoms with Crippen LogP contribution in [0.3, 0.4) is 0 Å². The third-order valence-corrected chi connectivity index (χ3v) is 2.92. The summed E-state index contributed by atoms with van der Waals surface area (Å²) < 4.78 is 0. The predicted molar refractivity (Wildman–Crippen MR) is 80.6 cm³/mol. The van der Waals surface area contributed by atoms with Gasteiger partial charge in [-0.15, -0.1) is 0 Å². The minimum Gasteiger partial charge on any atom is -0.375 e. The highest BCUT2D eigenvalue weighted by Gasteiger charge is 2.02. The van der Waals surface area contributed by atoms with E-state index in [1.54, 1.807) is 0 Å². The van der Waals surface area contributed by atoms with Gasteiger partial charge in [-0.05, 0) is 18.6 Å². The van der Waals surface area contributed by atoms with Crippen LogP contribution in [-0.2, 0) is 9.59 Å². The van der Waals surface area contributed by atoms with E-state index in [0.717, 1.165) is 13.0 Å². The highest BCUT2D eigenvalue weighted by atomic mass is 16.2. The number of nitrogens with one attached hydrogen (secondary N) is 2. The molecule has 0 atom stereocenters. The first kappa shape index (κ1) is 16.0. The third-order valence-electron chi connectivity index (χ3n) is 2.92. The second-order valence-electron chi connectivity index (χ2n) is 4.69. The number of para-hydroxylation sites is 1. The van der Waals surface area contributed by atoms with E-state index in [9.17, 15) is 9.59 Å². The maximum atomic E-state index is 11.5. The van der Waals surface area contributed by atoms with Gasteiger partial charge < -0.3 is 15.5 Å². The van der Waals surface area contributed by atoms with Crippen molar-refractivity contribution in [2.75, 3.05) is 31.6 Å². The van der Waals surface area contributed by atoms with Gasteiger partial charge in [-0.2, -0.15) is 0 Å². The summed E-state index contributed by atoms with van der Waals surface area (Å²) in [6, 6.07) is 10.1. The van der Waals surface area contributed by atoms with Gasteiger partial charge in [0.25, 0.3) is 0 Å². The quantitative estimate of drug-likeness (QED) is 0.701. The number of amides is 2. The van der Waals surface area contributed by atoms with E-state index in [0.29, 0.717) is 19.5 Å². The van der Waals surface area contributed by atoms with Crippen LogP contribution < -0.4 is 15.5 Å². The monoisotopic (exact) mass is 277 g/mol. The van der Waals surface area contributed by atoms with Gasteiger partial charge in [0.2, 0.25) is 11.8 Å². The summed E-state index contributed by atoms with van der Waals surface area (Å²) in [5.41, 5.74) is 1.17. The molecule has 0 saturated carbocycles. The van der Waals surface area contributed by atoms with Crippen molar-refractivity contribution in [2.24, 2.45) is 0 Å². The summed E-state index contributed by atoms with van der Waals surface area (Å²) in [7, 11) is 2.04. The second-order valence-corrected chi connectivity index (χ2v) is 4.69. The lowest BCUT2D eigenvalue weighted by molar-refractivity contribution is -0.121. The summed E-state index contributed by atoms with van der Waals surface area (Å²) in [6.07, 6.45) is 1.21. The van der Waals surface area contributed by atoms with Crippen molar-refractivity contribution in [2.45, 2.75) is 19.8 Å². The Bertz CT molecular complexity index is 420. The molecule has 0 spiro atoms. The van der Waals surface area contributed by atoms with Crippen LogP contribution in [-0.4, -0.2) is 38.5 Å². The summed E-state index contributed by atoms with van der Waals surface area (Å²) in [5, 5.41) is 5.44. The van der Waals surface area contributed by atoms with E-state index in [1.807, 2.05) is 25.2 Å². The lowest BCUT2D eigenvalue weighted by Crippen LogP contribution is -2.31.